The highest BCUT2D eigenvalue weighted by Gasteiger charge is 2.47. The van der Waals surface area contributed by atoms with Gasteiger partial charge in [0.25, 0.3) is 5.91 Å². The Balaban J connectivity index is 1.67. The predicted molar refractivity (Wildman–Crippen MR) is 123 cm³/mol. The number of hydrazine groups is 1. The van der Waals surface area contributed by atoms with Crippen molar-refractivity contribution >= 4 is 18.0 Å². The molecule has 0 saturated carbocycles. The fourth-order valence-corrected chi connectivity index (χ4v) is 3.72. The van der Waals surface area contributed by atoms with E-state index in [0.717, 1.165) is 22.3 Å². The quantitative estimate of drug-likeness (QED) is 0.613. The average molecular weight is 429 g/mol. The third kappa shape index (κ3) is 4.54. The largest absolute Gasteiger partial charge is 0.497 e. The summed E-state index contributed by atoms with van der Waals surface area (Å²) >= 11 is 0. The first-order chi connectivity index (χ1) is 15.4. The second-order valence-corrected chi connectivity index (χ2v) is 7.96. The summed E-state index contributed by atoms with van der Waals surface area (Å²) in [5.41, 5.74) is 7.54. The van der Waals surface area contributed by atoms with E-state index in [4.69, 9.17) is 4.74 Å². The van der Waals surface area contributed by atoms with Crippen LogP contribution in [0.25, 0.3) is 0 Å². The average Bonchev–Trinajstić information content (AvgIpc) is 3.10. The fraction of sp³-hybridized carbons (Fsp3) is 0.192. The number of nitrogens with one attached hydrogen (secondary N) is 2. The van der Waals surface area contributed by atoms with Crippen molar-refractivity contribution in [1.82, 2.24) is 10.7 Å². The lowest BCUT2D eigenvalue weighted by Crippen LogP contribution is -2.42. The number of nitrogens with zero attached hydrogens (tertiary/aromatic N) is 1. The van der Waals surface area contributed by atoms with Crippen molar-refractivity contribution in [3.8, 4) is 5.75 Å². The molecule has 1 heterocycles. The minimum absolute atomic E-state index is 0.263. The molecule has 6 heteroatoms. The monoisotopic (exact) mass is 428 g/mol. The number of hydrazone groups is 1. The Morgan fingerprint density at radius 2 is 1.53 bits per heavy atom. The molecule has 162 valence electrons. The van der Waals surface area contributed by atoms with Gasteiger partial charge in [0.15, 0.2) is 6.04 Å². The molecule has 2 amide bonds. The Bertz CT molecular complexity index is 1150. The van der Waals surface area contributed by atoms with E-state index in [2.05, 4.69) is 10.7 Å². The van der Waals surface area contributed by atoms with Crippen molar-refractivity contribution in [3.63, 3.8) is 0 Å². The van der Waals surface area contributed by atoms with Gasteiger partial charge in [0.2, 0.25) is 12.3 Å². The highest BCUT2D eigenvalue weighted by molar-refractivity contribution is 5.98. The van der Waals surface area contributed by atoms with E-state index in [9.17, 15) is 9.59 Å². The zero-order chi connectivity index (χ0) is 22.7. The molecule has 6 nitrogen and oxygen atoms in total. The SMILES string of the molecule is COc1ccc(C(=O)N[C@@H]2C(=O)N/[N+](=C\c3ccc(C)cc3)[C@H]2c2ccc(C)cc2)cc1. The second kappa shape index (κ2) is 9.06. The molecule has 0 aliphatic carbocycles. The summed E-state index contributed by atoms with van der Waals surface area (Å²) < 4.78 is 6.93. The molecule has 2 atom stereocenters. The van der Waals surface area contributed by atoms with E-state index < -0.39 is 12.1 Å². The van der Waals surface area contributed by atoms with Gasteiger partial charge in [-0.3, -0.25) is 9.59 Å². The fourth-order valence-electron chi connectivity index (χ4n) is 3.72. The molecule has 1 saturated heterocycles. The number of amides is 2. The lowest BCUT2D eigenvalue weighted by atomic mass is 9.98. The molecule has 3 aromatic carbocycles. The van der Waals surface area contributed by atoms with Crippen molar-refractivity contribution in [3.05, 3.63) is 101 Å². The third-order valence-electron chi connectivity index (χ3n) is 5.56. The Labute approximate surface area is 187 Å². The number of carbonyl (C=O) groups is 2. The van der Waals surface area contributed by atoms with Crippen LogP contribution in [0.2, 0.25) is 0 Å². The number of methoxy groups -OCH3 is 1. The van der Waals surface area contributed by atoms with Crippen LogP contribution >= 0.6 is 0 Å². The minimum atomic E-state index is -0.756. The summed E-state index contributed by atoms with van der Waals surface area (Å²) in [5.74, 6) is 0.0828. The van der Waals surface area contributed by atoms with Crippen LogP contribution in [-0.4, -0.2) is 35.9 Å². The van der Waals surface area contributed by atoms with Crippen LogP contribution in [0.1, 0.15) is 38.7 Å². The molecule has 3 aromatic rings. The van der Waals surface area contributed by atoms with E-state index in [-0.39, 0.29) is 11.8 Å². The van der Waals surface area contributed by atoms with Gasteiger partial charge < -0.3 is 10.1 Å². The number of hydrogen-bond acceptors (Lipinski definition) is 3. The molecule has 1 aliphatic heterocycles. The molecule has 0 aromatic heterocycles. The van der Waals surface area contributed by atoms with Gasteiger partial charge in [0.05, 0.1) is 7.11 Å². The van der Waals surface area contributed by atoms with Gasteiger partial charge in [-0.05, 0) is 50.2 Å². The Morgan fingerprint density at radius 3 is 2.12 bits per heavy atom. The first kappa shape index (κ1) is 21.3. The zero-order valence-corrected chi connectivity index (χ0v) is 18.3. The number of benzene rings is 3. The Kier molecular flexibility index (Phi) is 6.03. The van der Waals surface area contributed by atoms with Gasteiger partial charge in [-0.2, -0.15) is 0 Å². The van der Waals surface area contributed by atoms with Crippen molar-refractivity contribution in [2.75, 3.05) is 7.11 Å². The summed E-state index contributed by atoms with van der Waals surface area (Å²) in [5, 5.41) is 2.92. The molecular weight excluding hydrogens is 402 g/mol. The highest BCUT2D eigenvalue weighted by atomic mass is 16.5. The third-order valence-corrected chi connectivity index (χ3v) is 5.56. The molecule has 0 radical (unpaired) electrons. The first-order valence-corrected chi connectivity index (χ1v) is 10.5. The maximum atomic E-state index is 12.9. The lowest BCUT2D eigenvalue weighted by Gasteiger charge is -2.15. The highest BCUT2D eigenvalue weighted by Crippen LogP contribution is 2.26. The standard InChI is InChI=1S/C26H25N3O3/c1-17-4-8-19(9-5-17)16-29-24(20-10-6-18(2)7-11-20)23(26(31)28-29)27-25(30)21-12-14-22(32-3)15-13-21/h4-16,23-24H,1-3H3,(H-,27,28,30,31)/p+1/b29-16-/t23-,24-/m0/s1. The van der Waals surface area contributed by atoms with Crippen LogP contribution in [0, 0.1) is 13.8 Å². The maximum Gasteiger partial charge on any atom is 0.304 e. The molecule has 1 aliphatic rings. The van der Waals surface area contributed by atoms with E-state index >= 15 is 0 Å². The molecule has 2 N–H and O–H groups in total. The van der Waals surface area contributed by atoms with E-state index in [1.165, 1.54) is 0 Å². The molecule has 32 heavy (non-hydrogen) atoms. The zero-order valence-electron chi connectivity index (χ0n) is 18.3. The van der Waals surface area contributed by atoms with Crippen molar-refractivity contribution in [2.24, 2.45) is 0 Å². The maximum absolute atomic E-state index is 12.9. The van der Waals surface area contributed by atoms with Gasteiger partial charge in [0, 0.05) is 16.7 Å². The van der Waals surface area contributed by atoms with Crippen molar-refractivity contribution < 1.29 is 19.0 Å². The van der Waals surface area contributed by atoms with E-state index in [1.807, 2.05) is 68.6 Å². The summed E-state index contributed by atoms with van der Waals surface area (Å²) in [6, 6.07) is 21.7. The van der Waals surface area contributed by atoms with E-state index in [1.54, 1.807) is 36.1 Å². The molecule has 0 spiro atoms. The van der Waals surface area contributed by atoms with Crippen molar-refractivity contribution in [2.45, 2.75) is 25.9 Å². The van der Waals surface area contributed by atoms with Gasteiger partial charge >= 0.3 is 5.91 Å². The second-order valence-electron chi connectivity index (χ2n) is 7.96. The molecule has 0 bridgehead atoms. The first-order valence-electron chi connectivity index (χ1n) is 10.5. The van der Waals surface area contributed by atoms with Crippen LogP contribution in [-0.2, 0) is 4.79 Å². The van der Waals surface area contributed by atoms with Gasteiger partial charge in [-0.1, -0.05) is 47.5 Å². The minimum Gasteiger partial charge on any atom is -0.497 e. The van der Waals surface area contributed by atoms with Gasteiger partial charge in [-0.15, -0.1) is 10.1 Å². The predicted octanol–water partition coefficient (Wildman–Crippen LogP) is 3.33. The van der Waals surface area contributed by atoms with E-state index in [0.29, 0.717) is 11.3 Å². The van der Waals surface area contributed by atoms with Crippen LogP contribution < -0.4 is 15.5 Å². The summed E-state index contributed by atoms with van der Waals surface area (Å²) in [7, 11) is 1.57. The Morgan fingerprint density at radius 1 is 0.938 bits per heavy atom. The summed E-state index contributed by atoms with van der Waals surface area (Å²) in [6.45, 7) is 4.04. The molecular formula is C26H26N3O3+. The van der Waals surface area contributed by atoms with Crippen molar-refractivity contribution in [1.29, 1.82) is 0 Å². The topological polar surface area (TPSA) is 70.4 Å². The summed E-state index contributed by atoms with van der Waals surface area (Å²) in [6.07, 6.45) is 1.89. The lowest BCUT2D eigenvalue weighted by molar-refractivity contribution is -0.596. The summed E-state index contributed by atoms with van der Waals surface area (Å²) in [4.78, 5) is 25.9. The van der Waals surface area contributed by atoms with Gasteiger partial charge in [0.1, 0.15) is 5.75 Å². The van der Waals surface area contributed by atoms with Gasteiger partial charge in [-0.25, -0.2) is 0 Å². The van der Waals surface area contributed by atoms with Crippen LogP contribution in [0.5, 0.6) is 5.75 Å². The molecule has 0 unspecified atom stereocenters. The van der Waals surface area contributed by atoms with Crippen LogP contribution in [0.3, 0.4) is 0 Å². The smallest absolute Gasteiger partial charge is 0.304 e. The number of ether oxygens (including phenoxy) is 1. The number of aryl methyl sites for hydroxylation is 2. The number of hydrogen-bond donors (Lipinski definition) is 2. The molecule has 1 fully saturated rings. The van der Waals surface area contributed by atoms with Crippen LogP contribution in [0.15, 0.2) is 72.8 Å². The Hall–Kier alpha value is -3.93. The number of carbonyl (C=O) groups excluding carboxylic acids is 2. The van der Waals surface area contributed by atoms with Crippen LogP contribution in [0.4, 0.5) is 0 Å². The normalized spacial score (nSPS) is 19.0. The number of rotatable bonds is 5. The molecule has 4 rings (SSSR count).